The van der Waals surface area contributed by atoms with Crippen LogP contribution >= 0.6 is 34.2 Å². The lowest BCUT2D eigenvalue weighted by Crippen LogP contribution is -1.96. The first-order valence-electron chi connectivity index (χ1n) is 3.70. The lowest BCUT2D eigenvalue weighted by molar-refractivity contribution is 0.386. The van der Waals surface area contributed by atoms with E-state index in [9.17, 15) is 0 Å². The van der Waals surface area contributed by atoms with Gasteiger partial charge in [-0.05, 0) is 34.7 Å². The van der Waals surface area contributed by atoms with Gasteiger partial charge in [0.15, 0.2) is 0 Å². The first kappa shape index (κ1) is 10.9. The SMILES string of the molecule is COc1ccc(I)c(OC)c1CCl. The number of benzene rings is 1. The van der Waals surface area contributed by atoms with Crippen molar-refractivity contribution in [1.82, 2.24) is 0 Å². The Labute approximate surface area is 96.3 Å². The Morgan fingerprint density at radius 3 is 2.46 bits per heavy atom. The van der Waals surface area contributed by atoms with E-state index in [-0.39, 0.29) is 0 Å². The van der Waals surface area contributed by atoms with Crippen molar-refractivity contribution in [3.63, 3.8) is 0 Å². The van der Waals surface area contributed by atoms with Crippen LogP contribution in [0.2, 0.25) is 0 Å². The molecule has 1 rings (SSSR count). The fourth-order valence-electron chi connectivity index (χ4n) is 1.12. The van der Waals surface area contributed by atoms with Crippen molar-refractivity contribution < 1.29 is 9.47 Å². The van der Waals surface area contributed by atoms with Gasteiger partial charge in [-0.3, -0.25) is 0 Å². The molecule has 0 saturated heterocycles. The highest BCUT2D eigenvalue weighted by atomic mass is 127. The molecule has 1 aromatic rings. The van der Waals surface area contributed by atoms with E-state index >= 15 is 0 Å². The summed E-state index contributed by atoms with van der Waals surface area (Å²) in [5.74, 6) is 1.96. The molecule has 0 aliphatic heterocycles. The van der Waals surface area contributed by atoms with Crippen LogP contribution in [0.1, 0.15) is 5.56 Å². The van der Waals surface area contributed by atoms with E-state index in [0.717, 1.165) is 20.6 Å². The number of halogens is 2. The molecule has 0 spiro atoms. The van der Waals surface area contributed by atoms with Crippen molar-refractivity contribution in [2.75, 3.05) is 14.2 Å². The van der Waals surface area contributed by atoms with Gasteiger partial charge in [-0.25, -0.2) is 0 Å². The molecule has 0 radical (unpaired) electrons. The lowest BCUT2D eigenvalue weighted by Gasteiger charge is -2.12. The predicted molar refractivity (Wildman–Crippen MR) is 61.8 cm³/mol. The van der Waals surface area contributed by atoms with Gasteiger partial charge >= 0.3 is 0 Å². The number of hydrogen-bond donors (Lipinski definition) is 0. The molecule has 0 saturated carbocycles. The first-order valence-corrected chi connectivity index (χ1v) is 5.31. The second kappa shape index (κ2) is 4.91. The molecule has 0 amide bonds. The Morgan fingerprint density at radius 2 is 2.00 bits per heavy atom. The third-order valence-electron chi connectivity index (χ3n) is 1.73. The Kier molecular flexibility index (Phi) is 4.12. The van der Waals surface area contributed by atoms with E-state index in [1.54, 1.807) is 14.2 Å². The Morgan fingerprint density at radius 1 is 1.31 bits per heavy atom. The highest BCUT2D eigenvalue weighted by Gasteiger charge is 2.11. The largest absolute Gasteiger partial charge is 0.496 e. The lowest BCUT2D eigenvalue weighted by atomic mass is 10.2. The summed E-state index contributed by atoms with van der Waals surface area (Å²) in [5.41, 5.74) is 0.901. The molecule has 0 aliphatic rings. The second-order valence-electron chi connectivity index (χ2n) is 2.40. The van der Waals surface area contributed by atoms with Crippen LogP contribution in [0.5, 0.6) is 11.5 Å². The summed E-state index contributed by atoms with van der Waals surface area (Å²) in [7, 11) is 3.25. The minimum absolute atomic E-state index is 0.392. The van der Waals surface area contributed by atoms with E-state index in [4.69, 9.17) is 21.1 Å². The third-order valence-corrected chi connectivity index (χ3v) is 2.84. The van der Waals surface area contributed by atoms with Gasteiger partial charge < -0.3 is 9.47 Å². The van der Waals surface area contributed by atoms with Gasteiger partial charge in [0.1, 0.15) is 11.5 Å². The minimum atomic E-state index is 0.392. The van der Waals surface area contributed by atoms with Gasteiger partial charge in [0.2, 0.25) is 0 Å². The van der Waals surface area contributed by atoms with Crippen LogP contribution in [0.4, 0.5) is 0 Å². The zero-order valence-corrected chi connectivity index (χ0v) is 10.3. The molecule has 0 unspecified atom stereocenters. The average Bonchev–Trinajstić information content (AvgIpc) is 2.17. The topological polar surface area (TPSA) is 18.5 Å². The van der Waals surface area contributed by atoms with Crippen molar-refractivity contribution in [2.45, 2.75) is 5.88 Å². The highest BCUT2D eigenvalue weighted by Crippen LogP contribution is 2.33. The smallest absolute Gasteiger partial charge is 0.140 e. The standard InChI is InChI=1S/C9H10ClIO2/c1-12-8-4-3-7(11)9(13-2)6(8)5-10/h3-4H,5H2,1-2H3. The zero-order valence-electron chi connectivity index (χ0n) is 7.43. The fraction of sp³-hybridized carbons (Fsp3) is 0.333. The number of rotatable bonds is 3. The Hall–Kier alpha value is -0.160. The molecule has 1 aromatic carbocycles. The van der Waals surface area contributed by atoms with Crippen LogP contribution in [0.25, 0.3) is 0 Å². The summed E-state index contributed by atoms with van der Waals surface area (Å²) in [6.45, 7) is 0. The summed E-state index contributed by atoms with van der Waals surface area (Å²) < 4.78 is 11.4. The molecule has 0 fully saturated rings. The van der Waals surface area contributed by atoms with E-state index in [0.29, 0.717) is 5.88 Å². The molecule has 4 heteroatoms. The van der Waals surface area contributed by atoms with Crippen LogP contribution in [0.3, 0.4) is 0 Å². The molecule has 72 valence electrons. The maximum atomic E-state index is 5.80. The molecule has 0 atom stereocenters. The average molecular weight is 313 g/mol. The third kappa shape index (κ3) is 2.20. The molecular formula is C9H10ClIO2. The maximum Gasteiger partial charge on any atom is 0.140 e. The first-order chi connectivity index (χ1) is 6.24. The van der Waals surface area contributed by atoms with Gasteiger partial charge in [-0.2, -0.15) is 0 Å². The van der Waals surface area contributed by atoms with Crippen molar-refractivity contribution >= 4 is 34.2 Å². The molecule has 0 N–H and O–H groups in total. The van der Waals surface area contributed by atoms with Crippen LogP contribution < -0.4 is 9.47 Å². The summed E-state index contributed by atoms with van der Waals surface area (Å²) in [6, 6.07) is 3.83. The number of methoxy groups -OCH3 is 2. The highest BCUT2D eigenvalue weighted by molar-refractivity contribution is 14.1. The number of alkyl halides is 1. The van der Waals surface area contributed by atoms with Crippen molar-refractivity contribution in [2.24, 2.45) is 0 Å². The van der Waals surface area contributed by atoms with Crippen LogP contribution in [0.15, 0.2) is 12.1 Å². The quantitative estimate of drug-likeness (QED) is 0.631. The molecule has 0 heterocycles. The summed E-state index contributed by atoms with van der Waals surface area (Å²) in [5, 5.41) is 0. The molecule has 13 heavy (non-hydrogen) atoms. The van der Waals surface area contributed by atoms with E-state index in [1.807, 2.05) is 12.1 Å². The number of hydrogen-bond acceptors (Lipinski definition) is 2. The summed E-state index contributed by atoms with van der Waals surface area (Å²) in [4.78, 5) is 0. The zero-order chi connectivity index (χ0) is 9.84. The Bertz CT molecular complexity index is 302. The van der Waals surface area contributed by atoms with Crippen LogP contribution in [0, 0.1) is 3.57 Å². The summed E-state index contributed by atoms with van der Waals surface area (Å²) >= 11 is 8.01. The number of ether oxygens (including phenoxy) is 2. The minimum Gasteiger partial charge on any atom is -0.496 e. The molecule has 0 aromatic heterocycles. The van der Waals surface area contributed by atoms with Crippen molar-refractivity contribution in [1.29, 1.82) is 0 Å². The monoisotopic (exact) mass is 312 g/mol. The molecule has 0 bridgehead atoms. The molecule has 2 nitrogen and oxygen atoms in total. The van der Waals surface area contributed by atoms with Gasteiger partial charge in [0.05, 0.1) is 29.2 Å². The molecule has 0 aliphatic carbocycles. The van der Waals surface area contributed by atoms with Crippen molar-refractivity contribution in [3.8, 4) is 11.5 Å². The second-order valence-corrected chi connectivity index (χ2v) is 3.82. The normalized spacial score (nSPS) is 9.85. The summed E-state index contributed by atoms with van der Waals surface area (Å²) in [6.07, 6.45) is 0. The van der Waals surface area contributed by atoms with Crippen LogP contribution in [-0.4, -0.2) is 14.2 Å². The van der Waals surface area contributed by atoms with E-state index in [2.05, 4.69) is 22.6 Å². The van der Waals surface area contributed by atoms with Gasteiger partial charge in [-0.15, -0.1) is 11.6 Å². The van der Waals surface area contributed by atoms with E-state index in [1.165, 1.54) is 0 Å². The van der Waals surface area contributed by atoms with Gasteiger partial charge in [0, 0.05) is 0 Å². The van der Waals surface area contributed by atoms with E-state index < -0.39 is 0 Å². The van der Waals surface area contributed by atoms with Gasteiger partial charge in [0.25, 0.3) is 0 Å². The van der Waals surface area contributed by atoms with Crippen molar-refractivity contribution in [3.05, 3.63) is 21.3 Å². The van der Waals surface area contributed by atoms with Crippen LogP contribution in [-0.2, 0) is 5.88 Å². The maximum absolute atomic E-state index is 5.80. The molecular weight excluding hydrogens is 302 g/mol. The fourth-order valence-corrected chi connectivity index (χ4v) is 2.10. The predicted octanol–water partition coefficient (Wildman–Crippen LogP) is 3.05. The van der Waals surface area contributed by atoms with Gasteiger partial charge in [-0.1, -0.05) is 0 Å². The Balaban J connectivity index is 3.27.